The van der Waals surface area contributed by atoms with Crippen LogP contribution < -0.4 is 4.74 Å². The van der Waals surface area contributed by atoms with Gasteiger partial charge in [-0.3, -0.25) is 4.79 Å². The number of fused-ring (bicyclic) bond motifs is 1. The number of carbonyl (C=O) groups is 1. The van der Waals surface area contributed by atoms with Gasteiger partial charge in [0.05, 0.1) is 5.41 Å². The number of aliphatic carboxylic acids is 1. The lowest BCUT2D eigenvalue weighted by atomic mass is 9.81. The summed E-state index contributed by atoms with van der Waals surface area (Å²) in [6.45, 7) is 3.71. The summed E-state index contributed by atoms with van der Waals surface area (Å²) in [6, 6.07) is 7.91. The van der Waals surface area contributed by atoms with E-state index in [0.717, 1.165) is 12.2 Å². The topological polar surface area (TPSA) is 46.5 Å². The van der Waals surface area contributed by atoms with Crippen molar-refractivity contribution >= 4 is 5.97 Å². The molecule has 1 aliphatic rings. The SMILES string of the molecule is CCC(C)(CC1Cc2ccccc2O1)C(=O)O. The number of hydrogen-bond donors (Lipinski definition) is 1. The standard InChI is InChI=1S/C14H18O3/c1-3-14(2,13(15)16)9-11-8-10-6-4-5-7-12(10)17-11/h4-7,11H,3,8-9H2,1-2H3,(H,15,16). The van der Waals surface area contributed by atoms with Crippen LogP contribution in [-0.2, 0) is 11.2 Å². The van der Waals surface area contributed by atoms with Gasteiger partial charge in [0.15, 0.2) is 0 Å². The Labute approximate surface area is 101 Å². The number of carboxylic acid groups (broad SMARTS) is 1. The third-order valence-corrected chi connectivity index (χ3v) is 3.69. The normalized spacial score (nSPS) is 21.4. The Bertz CT molecular complexity index is 402. The van der Waals surface area contributed by atoms with Gasteiger partial charge < -0.3 is 9.84 Å². The Morgan fingerprint density at radius 2 is 2.24 bits per heavy atom. The lowest BCUT2D eigenvalue weighted by molar-refractivity contribution is -0.149. The molecule has 3 nitrogen and oxygen atoms in total. The summed E-state index contributed by atoms with van der Waals surface area (Å²) in [5.74, 6) is 0.167. The van der Waals surface area contributed by atoms with Gasteiger partial charge in [0.25, 0.3) is 0 Å². The molecule has 1 aromatic rings. The van der Waals surface area contributed by atoms with Gasteiger partial charge in [-0.1, -0.05) is 25.1 Å². The molecule has 1 heterocycles. The zero-order valence-corrected chi connectivity index (χ0v) is 10.3. The van der Waals surface area contributed by atoms with Gasteiger partial charge in [0.1, 0.15) is 11.9 Å². The molecule has 0 saturated heterocycles. The first-order chi connectivity index (χ1) is 8.05. The summed E-state index contributed by atoms with van der Waals surface area (Å²) in [4.78, 5) is 11.3. The average Bonchev–Trinajstić information content (AvgIpc) is 2.70. The van der Waals surface area contributed by atoms with Crippen molar-refractivity contribution in [2.75, 3.05) is 0 Å². The molecule has 0 aliphatic carbocycles. The van der Waals surface area contributed by atoms with Crippen molar-refractivity contribution in [2.24, 2.45) is 5.41 Å². The lowest BCUT2D eigenvalue weighted by Gasteiger charge is -2.26. The predicted octanol–water partition coefficient (Wildman–Crippen LogP) is 2.88. The summed E-state index contributed by atoms with van der Waals surface area (Å²) in [5, 5.41) is 9.25. The van der Waals surface area contributed by atoms with Crippen molar-refractivity contribution < 1.29 is 14.6 Å². The summed E-state index contributed by atoms with van der Waals surface area (Å²) < 4.78 is 5.79. The maximum Gasteiger partial charge on any atom is 0.309 e. The lowest BCUT2D eigenvalue weighted by Crippen LogP contribution is -2.33. The molecule has 2 unspecified atom stereocenters. The van der Waals surface area contributed by atoms with E-state index in [1.54, 1.807) is 6.92 Å². The molecular weight excluding hydrogens is 216 g/mol. The quantitative estimate of drug-likeness (QED) is 0.871. The van der Waals surface area contributed by atoms with Gasteiger partial charge in [0, 0.05) is 12.8 Å². The van der Waals surface area contributed by atoms with Crippen LogP contribution in [-0.4, -0.2) is 17.2 Å². The molecule has 3 heteroatoms. The Hall–Kier alpha value is -1.51. The predicted molar refractivity (Wildman–Crippen MR) is 65.2 cm³/mol. The number of rotatable bonds is 4. The van der Waals surface area contributed by atoms with E-state index in [1.165, 1.54) is 5.56 Å². The number of carboxylic acids is 1. The average molecular weight is 234 g/mol. The largest absolute Gasteiger partial charge is 0.490 e. The summed E-state index contributed by atoms with van der Waals surface area (Å²) in [7, 11) is 0. The van der Waals surface area contributed by atoms with Crippen LogP contribution in [0.1, 0.15) is 32.3 Å². The third-order valence-electron chi connectivity index (χ3n) is 3.69. The van der Waals surface area contributed by atoms with Crippen LogP contribution in [0.25, 0.3) is 0 Å². The van der Waals surface area contributed by atoms with Gasteiger partial charge in [-0.15, -0.1) is 0 Å². The van der Waals surface area contributed by atoms with Crippen LogP contribution in [0.3, 0.4) is 0 Å². The highest BCUT2D eigenvalue weighted by Crippen LogP contribution is 2.36. The molecule has 2 atom stereocenters. The molecule has 17 heavy (non-hydrogen) atoms. The van der Waals surface area contributed by atoms with E-state index in [1.807, 2.05) is 31.2 Å². The highest BCUT2D eigenvalue weighted by Gasteiger charge is 2.36. The van der Waals surface area contributed by atoms with Crippen molar-refractivity contribution in [1.29, 1.82) is 0 Å². The minimum Gasteiger partial charge on any atom is -0.490 e. The number of benzene rings is 1. The fourth-order valence-electron chi connectivity index (χ4n) is 2.25. The van der Waals surface area contributed by atoms with Crippen LogP contribution in [0.15, 0.2) is 24.3 Å². The first kappa shape index (κ1) is 12.0. The second-order valence-corrected chi connectivity index (χ2v) is 4.98. The van der Waals surface area contributed by atoms with Crippen molar-refractivity contribution in [1.82, 2.24) is 0 Å². The fourth-order valence-corrected chi connectivity index (χ4v) is 2.25. The van der Waals surface area contributed by atoms with Crippen LogP contribution in [0.2, 0.25) is 0 Å². The maximum absolute atomic E-state index is 11.3. The van der Waals surface area contributed by atoms with E-state index in [9.17, 15) is 9.90 Å². The minimum absolute atomic E-state index is 0.00606. The van der Waals surface area contributed by atoms with Crippen molar-refractivity contribution in [2.45, 2.75) is 39.2 Å². The van der Waals surface area contributed by atoms with E-state index in [-0.39, 0.29) is 6.10 Å². The van der Waals surface area contributed by atoms with E-state index in [4.69, 9.17) is 4.74 Å². The van der Waals surface area contributed by atoms with Crippen LogP contribution >= 0.6 is 0 Å². The maximum atomic E-state index is 11.3. The van der Waals surface area contributed by atoms with Gasteiger partial charge in [-0.25, -0.2) is 0 Å². The Morgan fingerprint density at radius 3 is 2.82 bits per heavy atom. The summed E-state index contributed by atoms with van der Waals surface area (Å²) in [6.07, 6.45) is 2.00. The smallest absolute Gasteiger partial charge is 0.309 e. The molecule has 0 radical (unpaired) electrons. The van der Waals surface area contributed by atoms with Crippen molar-refractivity contribution in [3.63, 3.8) is 0 Å². The van der Waals surface area contributed by atoms with E-state index in [2.05, 4.69) is 0 Å². The van der Waals surface area contributed by atoms with E-state index >= 15 is 0 Å². The number of hydrogen-bond acceptors (Lipinski definition) is 2. The zero-order chi connectivity index (χ0) is 12.5. The minimum atomic E-state index is -0.737. The third kappa shape index (κ3) is 2.28. The van der Waals surface area contributed by atoms with Crippen LogP contribution in [0.4, 0.5) is 0 Å². The second-order valence-electron chi connectivity index (χ2n) is 4.98. The van der Waals surface area contributed by atoms with E-state index in [0.29, 0.717) is 12.8 Å². The van der Waals surface area contributed by atoms with Gasteiger partial charge in [-0.05, 0) is 25.0 Å². The molecular formula is C14H18O3. The van der Waals surface area contributed by atoms with E-state index < -0.39 is 11.4 Å². The molecule has 92 valence electrons. The molecule has 2 rings (SSSR count). The first-order valence-electron chi connectivity index (χ1n) is 6.03. The van der Waals surface area contributed by atoms with Crippen LogP contribution in [0.5, 0.6) is 5.75 Å². The Kier molecular flexibility index (Phi) is 3.09. The molecule has 1 N–H and O–H groups in total. The van der Waals surface area contributed by atoms with Gasteiger partial charge >= 0.3 is 5.97 Å². The fraction of sp³-hybridized carbons (Fsp3) is 0.500. The van der Waals surface area contributed by atoms with Gasteiger partial charge in [-0.2, -0.15) is 0 Å². The number of para-hydroxylation sites is 1. The highest BCUT2D eigenvalue weighted by molar-refractivity contribution is 5.74. The first-order valence-corrected chi connectivity index (χ1v) is 6.03. The van der Waals surface area contributed by atoms with Crippen molar-refractivity contribution in [3.05, 3.63) is 29.8 Å². The monoisotopic (exact) mass is 234 g/mol. The molecule has 0 amide bonds. The summed E-state index contributed by atoms with van der Waals surface area (Å²) in [5.41, 5.74) is 0.494. The highest BCUT2D eigenvalue weighted by atomic mass is 16.5. The number of ether oxygens (including phenoxy) is 1. The molecule has 0 fully saturated rings. The molecule has 0 bridgehead atoms. The Morgan fingerprint density at radius 1 is 1.53 bits per heavy atom. The molecule has 0 saturated carbocycles. The van der Waals surface area contributed by atoms with Gasteiger partial charge in [0.2, 0.25) is 0 Å². The summed E-state index contributed by atoms with van der Waals surface area (Å²) >= 11 is 0. The Balaban J connectivity index is 2.07. The molecule has 1 aromatic carbocycles. The molecule has 0 aromatic heterocycles. The second kappa shape index (κ2) is 4.40. The molecule has 1 aliphatic heterocycles. The zero-order valence-electron chi connectivity index (χ0n) is 10.3. The van der Waals surface area contributed by atoms with Crippen molar-refractivity contribution in [3.8, 4) is 5.75 Å². The van der Waals surface area contributed by atoms with Crippen LogP contribution in [0, 0.1) is 5.41 Å². The molecule has 0 spiro atoms.